The van der Waals surface area contributed by atoms with E-state index in [2.05, 4.69) is 20.7 Å². The van der Waals surface area contributed by atoms with Crippen molar-refractivity contribution in [3.8, 4) is 5.75 Å². The smallest absolute Gasteiger partial charge is 0.341 e. The lowest BCUT2D eigenvalue weighted by molar-refractivity contribution is 0.0465. The van der Waals surface area contributed by atoms with Crippen LogP contribution in [0.3, 0.4) is 0 Å². The van der Waals surface area contributed by atoms with Crippen molar-refractivity contribution in [2.75, 3.05) is 21.0 Å². The van der Waals surface area contributed by atoms with Gasteiger partial charge in [-0.3, -0.25) is 0 Å². The van der Waals surface area contributed by atoms with Crippen molar-refractivity contribution < 1.29 is 19.0 Å². The van der Waals surface area contributed by atoms with Gasteiger partial charge in [-0.15, -0.1) is 0 Å². The molecular weight excluding hydrogens is 264 g/mol. The van der Waals surface area contributed by atoms with E-state index in [4.69, 9.17) is 9.47 Å². The third-order valence-corrected chi connectivity index (χ3v) is 2.17. The predicted octanol–water partition coefficient (Wildman–Crippen LogP) is 2.22. The van der Waals surface area contributed by atoms with E-state index in [0.29, 0.717) is 11.3 Å². The first-order valence-corrected chi connectivity index (χ1v) is 4.98. The van der Waals surface area contributed by atoms with E-state index in [1.165, 1.54) is 14.2 Å². The third-order valence-electron chi connectivity index (χ3n) is 1.68. The topological polar surface area (TPSA) is 44.8 Å². The number of benzene rings is 1. The van der Waals surface area contributed by atoms with Crippen LogP contribution in [-0.4, -0.2) is 27.0 Å². The highest BCUT2D eigenvalue weighted by atomic mass is 79.9. The molecule has 0 atom stereocenters. The first-order valence-electron chi connectivity index (χ1n) is 4.18. The molecule has 0 radical (unpaired) electrons. The summed E-state index contributed by atoms with van der Waals surface area (Å²) >= 11 is 3.29. The van der Waals surface area contributed by atoms with Crippen LogP contribution < -0.4 is 4.74 Å². The number of carbonyl (C=O) groups is 1. The van der Waals surface area contributed by atoms with Gasteiger partial charge in [-0.25, -0.2) is 4.79 Å². The summed E-state index contributed by atoms with van der Waals surface area (Å²) in [4.78, 5) is 11.4. The minimum Gasteiger partial charge on any atom is -0.467 e. The van der Waals surface area contributed by atoms with Crippen LogP contribution in [0.25, 0.3) is 0 Å². The molecule has 5 heteroatoms. The molecule has 0 unspecified atom stereocenters. The number of methoxy groups -OCH3 is 2. The van der Waals surface area contributed by atoms with Crippen molar-refractivity contribution in [3.05, 3.63) is 28.2 Å². The Morgan fingerprint density at radius 3 is 2.73 bits per heavy atom. The fraction of sp³-hybridized carbons (Fsp3) is 0.300. The van der Waals surface area contributed by atoms with Gasteiger partial charge in [0.25, 0.3) is 0 Å². The second kappa shape index (κ2) is 5.72. The molecule has 0 heterocycles. The molecule has 4 nitrogen and oxygen atoms in total. The zero-order valence-electron chi connectivity index (χ0n) is 8.45. The molecule has 0 bridgehead atoms. The lowest BCUT2D eigenvalue weighted by Crippen LogP contribution is -2.07. The fourth-order valence-corrected chi connectivity index (χ4v) is 1.36. The Morgan fingerprint density at radius 2 is 2.13 bits per heavy atom. The largest absolute Gasteiger partial charge is 0.467 e. The van der Waals surface area contributed by atoms with Crippen LogP contribution in [0.5, 0.6) is 5.75 Å². The Balaban J connectivity index is 2.97. The lowest BCUT2D eigenvalue weighted by Gasteiger charge is -2.09. The normalized spacial score (nSPS) is 9.80. The van der Waals surface area contributed by atoms with Gasteiger partial charge in [0.05, 0.1) is 7.11 Å². The maximum Gasteiger partial charge on any atom is 0.341 e. The van der Waals surface area contributed by atoms with Gasteiger partial charge in [0.2, 0.25) is 0 Å². The molecule has 15 heavy (non-hydrogen) atoms. The van der Waals surface area contributed by atoms with Gasteiger partial charge in [0.15, 0.2) is 6.79 Å². The van der Waals surface area contributed by atoms with Gasteiger partial charge >= 0.3 is 5.97 Å². The standard InChI is InChI=1S/C10H11BrO4/c1-13-6-15-9-5-7(11)3-4-8(9)10(12)14-2/h3-5H,6H2,1-2H3. The first kappa shape index (κ1) is 12.0. The Bertz CT molecular complexity index is 351. The van der Waals surface area contributed by atoms with Crippen molar-refractivity contribution in [2.45, 2.75) is 0 Å². The van der Waals surface area contributed by atoms with Gasteiger partial charge < -0.3 is 14.2 Å². The van der Waals surface area contributed by atoms with Crippen LogP contribution in [0.1, 0.15) is 10.4 Å². The molecule has 0 aromatic heterocycles. The minimum atomic E-state index is -0.436. The van der Waals surface area contributed by atoms with Crippen LogP contribution in [-0.2, 0) is 9.47 Å². The molecule has 0 aliphatic carbocycles. The molecule has 1 aromatic carbocycles. The molecule has 1 aromatic rings. The van der Waals surface area contributed by atoms with Crippen molar-refractivity contribution in [1.82, 2.24) is 0 Å². The Kier molecular flexibility index (Phi) is 4.58. The van der Waals surface area contributed by atoms with E-state index < -0.39 is 5.97 Å². The minimum absolute atomic E-state index is 0.0838. The highest BCUT2D eigenvalue weighted by molar-refractivity contribution is 9.10. The van der Waals surface area contributed by atoms with E-state index in [0.717, 1.165) is 4.47 Å². The number of halogens is 1. The molecule has 0 aliphatic rings. The fourth-order valence-electron chi connectivity index (χ4n) is 1.02. The molecule has 0 N–H and O–H groups in total. The van der Waals surface area contributed by atoms with Crippen LogP contribution >= 0.6 is 15.9 Å². The summed E-state index contributed by atoms with van der Waals surface area (Å²) in [6, 6.07) is 5.05. The number of hydrogen-bond acceptors (Lipinski definition) is 4. The van der Waals surface area contributed by atoms with Crippen molar-refractivity contribution in [1.29, 1.82) is 0 Å². The number of esters is 1. The summed E-state index contributed by atoms with van der Waals surface area (Å²) < 4.78 is 15.4. The molecule has 1 rings (SSSR count). The summed E-state index contributed by atoms with van der Waals surface area (Å²) in [5.74, 6) is -0.00771. The average molecular weight is 275 g/mol. The quantitative estimate of drug-likeness (QED) is 0.624. The second-order valence-electron chi connectivity index (χ2n) is 2.68. The lowest BCUT2D eigenvalue weighted by atomic mass is 10.2. The van der Waals surface area contributed by atoms with E-state index >= 15 is 0 Å². The van der Waals surface area contributed by atoms with Gasteiger partial charge in [0, 0.05) is 11.6 Å². The van der Waals surface area contributed by atoms with Gasteiger partial charge in [-0.2, -0.15) is 0 Å². The predicted molar refractivity (Wildman–Crippen MR) is 58.0 cm³/mol. The molecule has 82 valence electrons. The zero-order valence-corrected chi connectivity index (χ0v) is 10.0. The summed E-state index contributed by atoms with van der Waals surface area (Å²) in [5, 5.41) is 0. The summed E-state index contributed by atoms with van der Waals surface area (Å²) in [6.45, 7) is 0.0838. The first-order chi connectivity index (χ1) is 7.19. The van der Waals surface area contributed by atoms with Gasteiger partial charge in [-0.1, -0.05) is 15.9 Å². The number of rotatable bonds is 4. The molecular formula is C10H11BrO4. The average Bonchev–Trinajstić information content (AvgIpc) is 2.25. The van der Waals surface area contributed by atoms with E-state index in [1.54, 1.807) is 18.2 Å². The highest BCUT2D eigenvalue weighted by Crippen LogP contribution is 2.24. The number of hydrogen-bond donors (Lipinski definition) is 0. The van der Waals surface area contributed by atoms with Crippen LogP contribution in [0.15, 0.2) is 22.7 Å². The zero-order chi connectivity index (χ0) is 11.3. The highest BCUT2D eigenvalue weighted by Gasteiger charge is 2.13. The van der Waals surface area contributed by atoms with Crippen LogP contribution in [0.4, 0.5) is 0 Å². The molecule has 0 saturated carbocycles. The second-order valence-corrected chi connectivity index (χ2v) is 3.60. The molecule has 0 saturated heterocycles. The number of carbonyl (C=O) groups excluding carboxylic acids is 1. The van der Waals surface area contributed by atoms with Crippen LogP contribution in [0, 0.1) is 0 Å². The molecule has 0 fully saturated rings. The van der Waals surface area contributed by atoms with Crippen molar-refractivity contribution in [2.24, 2.45) is 0 Å². The van der Waals surface area contributed by atoms with Crippen molar-refractivity contribution >= 4 is 21.9 Å². The monoisotopic (exact) mass is 274 g/mol. The Hall–Kier alpha value is -1.07. The maximum atomic E-state index is 11.4. The van der Waals surface area contributed by atoms with E-state index in [-0.39, 0.29) is 6.79 Å². The maximum absolute atomic E-state index is 11.4. The number of ether oxygens (including phenoxy) is 3. The van der Waals surface area contributed by atoms with E-state index in [1.807, 2.05) is 0 Å². The molecule has 0 spiro atoms. The third kappa shape index (κ3) is 3.21. The SMILES string of the molecule is COCOc1cc(Br)ccc1C(=O)OC. The van der Waals surface area contributed by atoms with Crippen molar-refractivity contribution in [3.63, 3.8) is 0 Å². The molecule has 0 amide bonds. The summed E-state index contributed by atoms with van der Waals surface area (Å²) in [7, 11) is 2.83. The van der Waals surface area contributed by atoms with Gasteiger partial charge in [0.1, 0.15) is 11.3 Å². The van der Waals surface area contributed by atoms with Gasteiger partial charge in [-0.05, 0) is 18.2 Å². The Morgan fingerprint density at radius 1 is 1.40 bits per heavy atom. The summed E-state index contributed by atoms with van der Waals surface area (Å²) in [6.07, 6.45) is 0. The Labute approximate surface area is 96.3 Å². The van der Waals surface area contributed by atoms with Crippen LogP contribution in [0.2, 0.25) is 0 Å². The summed E-state index contributed by atoms with van der Waals surface area (Å²) in [5.41, 5.74) is 0.373. The van der Waals surface area contributed by atoms with E-state index in [9.17, 15) is 4.79 Å². The molecule has 0 aliphatic heterocycles.